The highest BCUT2D eigenvalue weighted by atomic mass is 16.2. The third-order valence-corrected chi connectivity index (χ3v) is 3.49. The van der Waals surface area contributed by atoms with Gasteiger partial charge in [0, 0.05) is 19.8 Å². The number of amides is 1. The third kappa shape index (κ3) is 2.13. The first kappa shape index (κ1) is 12.7. The van der Waals surface area contributed by atoms with Gasteiger partial charge in [-0.3, -0.25) is 4.79 Å². The van der Waals surface area contributed by atoms with Crippen LogP contribution in [-0.4, -0.2) is 17.0 Å². The summed E-state index contributed by atoms with van der Waals surface area (Å²) in [6, 6.07) is 0. The second-order valence-corrected chi connectivity index (χ2v) is 4.85. The molecule has 0 aliphatic carbocycles. The summed E-state index contributed by atoms with van der Waals surface area (Å²) in [5.74, 6) is 0.0422. The fourth-order valence-electron chi connectivity index (χ4n) is 2.45. The molecule has 1 aliphatic rings. The first-order chi connectivity index (χ1) is 8.54. The molecule has 0 unspecified atom stereocenters. The van der Waals surface area contributed by atoms with Crippen molar-refractivity contribution in [2.24, 2.45) is 7.05 Å². The summed E-state index contributed by atoms with van der Waals surface area (Å²) in [4.78, 5) is 11.9. The number of aromatic nitrogens is 1. The summed E-state index contributed by atoms with van der Waals surface area (Å²) in [5.41, 5.74) is 5.65. The molecule has 0 bridgehead atoms. The lowest BCUT2D eigenvalue weighted by atomic mass is 9.98. The molecule has 0 fully saturated rings. The molecule has 3 heteroatoms. The molecular weight excluding hydrogens is 224 g/mol. The number of carbonyl (C=O) groups is 1. The molecule has 1 aromatic heterocycles. The van der Waals surface area contributed by atoms with E-state index >= 15 is 0 Å². The number of hydrogen-bond acceptors (Lipinski definition) is 1. The van der Waals surface area contributed by atoms with Gasteiger partial charge in [-0.2, -0.15) is 0 Å². The van der Waals surface area contributed by atoms with E-state index in [9.17, 15) is 4.79 Å². The summed E-state index contributed by atoms with van der Waals surface area (Å²) < 4.78 is 1.93. The van der Waals surface area contributed by atoms with Gasteiger partial charge in [0.25, 0.3) is 5.91 Å². The van der Waals surface area contributed by atoms with E-state index in [0.717, 1.165) is 18.7 Å². The highest BCUT2D eigenvalue weighted by molar-refractivity contribution is 5.97. The lowest BCUT2D eigenvalue weighted by Gasteiger charge is -2.15. The van der Waals surface area contributed by atoms with E-state index in [1.54, 1.807) is 0 Å². The molecule has 18 heavy (non-hydrogen) atoms. The van der Waals surface area contributed by atoms with Crippen molar-refractivity contribution >= 4 is 11.5 Å². The number of nitrogens with zero attached hydrogens (tertiary/aromatic N) is 1. The van der Waals surface area contributed by atoms with Crippen LogP contribution in [-0.2, 0) is 13.5 Å². The zero-order valence-electron chi connectivity index (χ0n) is 11.5. The molecule has 1 amide bonds. The van der Waals surface area contributed by atoms with E-state index in [2.05, 4.69) is 37.5 Å². The second kappa shape index (κ2) is 4.84. The first-order valence-electron chi connectivity index (χ1n) is 6.32. The Morgan fingerprint density at radius 1 is 1.44 bits per heavy atom. The Balaban J connectivity index is 2.51. The molecule has 2 rings (SSSR count). The standard InChI is InChI=1S/C15H20N2O/c1-5-10(2)8-11(3)13-9-17(4)14-12(13)6-7-16-15(14)18/h5,8-9H,6-7H2,1-4H3,(H,16,18)/b10-5-,11-8-. The van der Waals surface area contributed by atoms with Crippen LogP contribution in [0.4, 0.5) is 0 Å². The lowest BCUT2D eigenvalue weighted by Crippen LogP contribution is -2.33. The normalized spacial score (nSPS) is 16.6. The monoisotopic (exact) mass is 244 g/mol. The molecule has 96 valence electrons. The molecule has 1 aliphatic heterocycles. The summed E-state index contributed by atoms with van der Waals surface area (Å²) in [7, 11) is 1.93. The molecule has 0 aromatic carbocycles. The van der Waals surface area contributed by atoms with Crippen LogP contribution in [0.2, 0.25) is 0 Å². The predicted molar refractivity (Wildman–Crippen MR) is 74.5 cm³/mol. The predicted octanol–water partition coefficient (Wildman–Crippen LogP) is 2.68. The smallest absolute Gasteiger partial charge is 0.268 e. The summed E-state index contributed by atoms with van der Waals surface area (Å²) in [6.07, 6.45) is 7.23. The zero-order valence-corrected chi connectivity index (χ0v) is 11.5. The second-order valence-electron chi connectivity index (χ2n) is 4.85. The maximum absolute atomic E-state index is 11.9. The summed E-state index contributed by atoms with van der Waals surface area (Å²) in [5, 5.41) is 2.89. The number of allylic oxidation sites excluding steroid dienone is 4. The van der Waals surface area contributed by atoms with Crippen LogP contribution in [0.25, 0.3) is 5.57 Å². The maximum Gasteiger partial charge on any atom is 0.268 e. The minimum atomic E-state index is 0.0422. The number of aryl methyl sites for hydroxylation is 1. The molecule has 1 aromatic rings. The van der Waals surface area contributed by atoms with E-state index in [1.165, 1.54) is 22.3 Å². The zero-order chi connectivity index (χ0) is 13.3. The van der Waals surface area contributed by atoms with Crippen LogP contribution < -0.4 is 5.32 Å². The minimum absolute atomic E-state index is 0.0422. The Hall–Kier alpha value is -1.77. The summed E-state index contributed by atoms with van der Waals surface area (Å²) >= 11 is 0. The van der Waals surface area contributed by atoms with Gasteiger partial charge in [0.15, 0.2) is 0 Å². The van der Waals surface area contributed by atoms with Crippen molar-refractivity contribution in [2.45, 2.75) is 27.2 Å². The Labute approximate surface area is 108 Å². The van der Waals surface area contributed by atoms with Gasteiger partial charge in [-0.25, -0.2) is 0 Å². The van der Waals surface area contributed by atoms with Crippen molar-refractivity contribution in [1.82, 2.24) is 9.88 Å². The number of rotatable bonds is 2. The van der Waals surface area contributed by atoms with E-state index in [-0.39, 0.29) is 5.91 Å². The van der Waals surface area contributed by atoms with Crippen LogP contribution in [0, 0.1) is 0 Å². The highest BCUT2D eigenvalue weighted by Crippen LogP contribution is 2.27. The van der Waals surface area contributed by atoms with Gasteiger partial charge >= 0.3 is 0 Å². The van der Waals surface area contributed by atoms with Crippen LogP contribution in [0.15, 0.2) is 23.9 Å². The number of carbonyl (C=O) groups excluding carboxylic acids is 1. The van der Waals surface area contributed by atoms with Gasteiger partial charge < -0.3 is 9.88 Å². The molecule has 3 nitrogen and oxygen atoms in total. The van der Waals surface area contributed by atoms with Gasteiger partial charge in [0.1, 0.15) is 5.69 Å². The number of fused-ring (bicyclic) bond motifs is 1. The average Bonchev–Trinajstić information content (AvgIpc) is 2.68. The van der Waals surface area contributed by atoms with Crippen molar-refractivity contribution in [3.63, 3.8) is 0 Å². The molecule has 0 saturated carbocycles. The van der Waals surface area contributed by atoms with Gasteiger partial charge in [-0.05, 0) is 43.9 Å². The van der Waals surface area contributed by atoms with E-state index in [4.69, 9.17) is 0 Å². The highest BCUT2D eigenvalue weighted by Gasteiger charge is 2.23. The average molecular weight is 244 g/mol. The van der Waals surface area contributed by atoms with Crippen molar-refractivity contribution in [2.75, 3.05) is 6.54 Å². The SMILES string of the molecule is C/C=C(C)\C=C(\C)c1cn(C)c2c1CCNC2=O. The molecule has 1 N–H and O–H groups in total. The van der Waals surface area contributed by atoms with Gasteiger partial charge in [-0.1, -0.05) is 17.7 Å². The fourth-order valence-corrected chi connectivity index (χ4v) is 2.45. The van der Waals surface area contributed by atoms with Gasteiger partial charge in [-0.15, -0.1) is 0 Å². The molecule has 2 heterocycles. The third-order valence-electron chi connectivity index (χ3n) is 3.49. The fraction of sp³-hybridized carbons (Fsp3) is 0.400. The van der Waals surface area contributed by atoms with Crippen molar-refractivity contribution in [3.05, 3.63) is 40.7 Å². The van der Waals surface area contributed by atoms with Crippen molar-refractivity contribution in [1.29, 1.82) is 0 Å². The molecule has 0 spiro atoms. The summed E-state index contributed by atoms with van der Waals surface area (Å²) in [6.45, 7) is 6.96. The first-order valence-corrected chi connectivity index (χ1v) is 6.32. The molecule has 0 radical (unpaired) electrons. The maximum atomic E-state index is 11.9. The Morgan fingerprint density at radius 3 is 2.83 bits per heavy atom. The largest absolute Gasteiger partial charge is 0.350 e. The van der Waals surface area contributed by atoms with Crippen LogP contribution in [0.3, 0.4) is 0 Å². The van der Waals surface area contributed by atoms with Gasteiger partial charge in [0.05, 0.1) is 0 Å². The minimum Gasteiger partial charge on any atom is -0.350 e. The van der Waals surface area contributed by atoms with E-state index in [1.807, 2.05) is 18.5 Å². The molecular formula is C15H20N2O. The van der Waals surface area contributed by atoms with Crippen LogP contribution in [0.5, 0.6) is 0 Å². The van der Waals surface area contributed by atoms with Gasteiger partial charge in [0.2, 0.25) is 0 Å². The van der Waals surface area contributed by atoms with Crippen molar-refractivity contribution < 1.29 is 4.79 Å². The van der Waals surface area contributed by atoms with E-state index < -0.39 is 0 Å². The Bertz CT molecular complexity index is 547. The number of nitrogens with one attached hydrogen (secondary N) is 1. The van der Waals surface area contributed by atoms with Crippen LogP contribution >= 0.6 is 0 Å². The topological polar surface area (TPSA) is 34.0 Å². The lowest BCUT2D eigenvalue weighted by molar-refractivity contribution is 0.0937. The van der Waals surface area contributed by atoms with Crippen molar-refractivity contribution in [3.8, 4) is 0 Å². The van der Waals surface area contributed by atoms with E-state index in [0.29, 0.717) is 0 Å². The Kier molecular flexibility index (Phi) is 3.41. The number of hydrogen-bond donors (Lipinski definition) is 1. The quantitative estimate of drug-likeness (QED) is 0.797. The molecule has 0 saturated heterocycles. The van der Waals surface area contributed by atoms with Crippen LogP contribution in [0.1, 0.15) is 42.4 Å². The molecule has 0 atom stereocenters. The Morgan fingerprint density at radius 2 is 2.17 bits per heavy atom.